The Morgan fingerprint density at radius 2 is 2.11 bits per heavy atom. The molecule has 0 aliphatic heterocycles. The van der Waals surface area contributed by atoms with Crippen LogP contribution in [-0.2, 0) is 4.74 Å². The van der Waals surface area contributed by atoms with Gasteiger partial charge in [-0.25, -0.2) is 0 Å². The quantitative estimate of drug-likeness (QED) is 0.602. The summed E-state index contributed by atoms with van der Waals surface area (Å²) in [6, 6.07) is 7.75. The van der Waals surface area contributed by atoms with Gasteiger partial charge in [0.15, 0.2) is 0 Å². The highest BCUT2D eigenvalue weighted by molar-refractivity contribution is 6.31. The molecule has 0 fully saturated rings. The molecular weight excluding hydrogens is 283 g/mol. The van der Waals surface area contributed by atoms with Crippen LogP contribution in [0.4, 0.5) is 5.69 Å². The van der Waals surface area contributed by atoms with Crippen LogP contribution >= 0.6 is 23.2 Å². The first kappa shape index (κ1) is 14.4. The standard InChI is InChI=1S/C14H16Cl2N2O/c1-18(7-9-19-8-5-15)14-4-6-17-13-10-11(16)2-3-12(13)14/h2-4,6,10H,5,7-9H2,1H3. The topological polar surface area (TPSA) is 25.4 Å². The van der Waals surface area contributed by atoms with Crippen molar-refractivity contribution in [1.29, 1.82) is 0 Å². The zero-order chi connectivity index (χ0) is 13.7. The molecule has 0 aliphatic carbocycles. The molecule has 2 aromatic rings. The number of alkyl halides is 1. The summed E-state index contributed by atoms with van der Waals surface area (Å²) in [7, 11) is 2.04. The molecule has 2 rings (SSSR count). The summed E-state index contributed by atoms with van der Waals surface area (Å²) in [4.78, 5) is 6.48. The first-order chi connectivity index (χ1) is 9.22. The van der Waals surface area contributed by atoms with Gasteiger partial charge in [0.25, 0.3) is 0 Å². The molecule has 19 heavy (non-hydrogen) atoms. The summed E-state index contributed by atoms with van der Waals surface area (Å²) in [5.74, 6) is 0.528. The lowest BCUT2D eigenvalue weighted by Gasteiger charge is -2.20. The third-order valence-electron chi connectivity index (χ3n) is 2.89. The Hall–Kier alpha value is -1.03. The summed E-state index contributed by atoms with van der Waals surface area (Å²) < 4.78 is 5.40. The van der Waals surface area contributed by atoms with Gasteiger partial charge < -0.3 is 9.64 Å². The molecule has 1 heterocycles. The van der Waals surface area contributed by atoms with Crippen molar-refractivity contribution in [2.45, 2.75) is 0 Å². The fourth-order valence-electron chi connectivity index (χ4n) is 1.92. The third kappa shape index (κ3) is 3.72. The second-order valence-corrected chi connectivity index (χ2v) is 5.03. The van der Waals surface area contributed by atoms with Crippen LogP contribution in [-0.4, -0.2) is 37.7 Å². The number of rotatable bonds is 6. The molecule has 0 aliphatic rings. The maximum Gasteiger partial charge on any atom is 0.0737 e. The van der Waals surface area contributed by atoms with E-state index in [0.29, 0.717) is 24.1 Å². The average Bonchev–Trinajstić information content (AvgIpc) is 2.42. The Morgan fingerprint density at radius 3 is 2.89 bits per heavy atom. The number of anilines is 1. The van der Waals surface area contributed by atoms with Gasteiger partial charge >= 0.3 is 0 Å². The van der Waals surface area contributed by atoms with Gasteiger partial charge in [-0.1, -0.05) is 11.6 Å². The molecule has 0 unspecified atom stereocenters. The minimum absolute atomic E-state index is 0.528. The molecular formula is C14H16Cl2N2O. The molecule has 0 N–H and O–H groups in total. The van der Waals surface area contributed by atoms with Crippen LogP contribution in [0.1, 0.15) is 0 Å². The molecule has 1 aromatic heterocycles. The first-order valence-corrected chi connectivity index (χ1v) is 7.02. The van der Waals surface area contributed by atoms with E-state index in [9.17, 15) is 0 Å². The van der Waals surface area contributed by atoms with E-state index < -0.39 is 0 Å². The monoisotopic (exact) mass is 298 g/mol. The fourth-order valence-corrected chi connectivity index (χ4v) is 2.19. The lowest BCUT2D eigenvalue weighted by molar-refractivity contribution is 0.156. The summed E-state index contributed by atoms with van der Waals surface area (Å²) in [5, 5.41) is 1.79. The fraction of sp³-hybridized carbons (Fsp3) is 0.357. The van der Waals surface area contributed by atoms with Crippen LogP contribution in [0.25, 0.3) is 10.9 Å². The summed E-state index contributed by atoms with van der Waals surface area (Å²) in [6.07, 6.45) is 1.80. The lowest BCUT2D eigenvalue weighted by atomic mass is 10.2. The van der Waals surface area contributed by atoms with Crippen molar-refractivity contribution in [3.05, 3.63) is 35.5 Å². The normalized spacial score (nSPS) is 10.9. The molecule has 0 radical (unpaired) electrons. The summed E-state index contributed by atoms with van der Waals surface area (Å²) >= 11 is 11.6. The second-order valence-electron chi connectivity index (χ2n) is 4.21. The smallest absolute Gasteiger partial charge is 0.0737 e. The van der Waals surface area contributed by atoms with Crippen molar-refractivity contribution >= 4 is 39.8 Å². The summed E-state index contributed by atoms with van der Waals surface area (Å²) in [5.41, 5.74) is 2.02. The van der Waals surface area contributed by atoms with Crippen molar-refractivity contribution in [2.24, 2.45) is 0 Å². The molecule has 1 aromatic carbocycles. The van der Waals surface area contributed by atoms with Gasteiger partial charge in [0.05, 0.1) is 18.7 Å². The SMILES string of the molecule is CN(CCOCCCl)c1ccnc2cc(Cl)ccc12. The van der Waals surface area contributed by atoms with Crippen molar-refractivity contribution in [1.82, 2.24) is 4.98 Å². The van der Waals surface area contributed by atoms with Gasteiger partial charge in [-0.3, -0.25) is 4.98 Å². The van der Waals surface area contributed by atoms with Crippen molar-refractivity contribution in [3.63, 3.8) is 0 Å². The van der Waals surface area contributed by atoms with E-state index in [0.717, 1.165) is 23.1 Å². The highest BCUT2D eigenvalue weighted by Crippen LogP contribution is 2.26. The van der Waals surface area contributed by atoms with Crippen LogP contribution in [0.3, 0.4) is 0 Å². The highest BCUT2D eigenvalue weighted by Gasteiger charge is 2.07. The van der Waals surface area contributed by atoms with Gasteiger partial charge in [0.2, 0.25) is 0 Å². The van der Waals surface area contributed by atoms with E-state index >= 15 is 0 Å². The molecule has 0 saturated heterocycles. The van der Waals surface area contributed by atoms with Gasteiger partial charge in [0, 0.05) is 41.8 Å². The minimum atomic E-state index is 0.528. The number of nitrogens with zero attached hydrogens (tertiary/aromatic N) is 2. The minimum Gasteiger partial charge on any atom is -0.378 e. The van der Waals surface area contributed by atoms with Crippen LogP contribution in [0.2, 0.25) is 5.02 Å². The van der Waals surface area contributed by atoms with E-state index in [4.69, 9.17) is 27.9 Å². The van der Waals surface area contributed by atoms with Crippen molar-refractivity contribution in [3.8, 4) is 0 Å². The Morgan fingerprint density at radius 1 is 1.26 bits per heavy atom. The van der Waals surface area contributed by atoms with E-state index in [1.807, 2.05) is 31.3 Å². The number of ether oxygens (including phenoxy) is 1. The number of pyridine rings is 1. The number of benzene rings is 1. The molecule has 0 atom stereocenters. The molecule has 5 heteroatoms. The Labute approximate surface area is 123 Å². The number of fused-ring (bicyclic) bond motifs is 1. The van der Waals surface area contributed by atoms with Crippen molar-refractivity contribution < 1.29 is 4.74 Å². The van der Waals surface area contributed by atoms with Gasteiger partial charge in [0.1, 0.15) is 0 Å². The van der Waals surface area contributed by atoms with E-state index in [1.54, 1.807) is 6.20 Å². The summed E-state index contributed by atoms with van der Waals surface area (Å²) in [6.45, 7) is 2.04. The van der Waals surface area contributed by atoms with Gasteiger partial charge in [-0.05, 0) is 24.3 Å². The van der Waals surface area contributed by atoms with E-state index in [1.165, 1.54) is 0 Å². The molecule has 0 saturated carbocycles. The molecule has 3 nitrogen and oxygen atoms in total. The van der Waals surface area contributed by atoms with E-state index in [2.05, 4.69) is 9.88 Å². The first-order valence-electron chi connectivity index (χ1n) is 6.11. The highest BCUT2D eigenvalue weighted by atomic mass is 35.5. The zero-order valence-electron chi connectivity index (χ0n) is 10.8. The third-order valence-corrected chi connectivity index (χ3v) is 3.27. The number of aromatic nitrogens is 1. The maximum absolute atomic E-state index is 5.98. The Kier molecular flexibility index (Phi) is 5.25. The lowest BCUT2D eigenvalue weighted by Crippen LogP contribution is -2.23. The molecule has 102 valence electrons. The van der Waals surface area contributed by atoms with Gasteiger partial charge in [-0.2, -0.15) is 0 Å². The number of halogens is 2. The molecule has 0 spiro atoms. The van der Waals surface area contributed by atoms with Crippen molar-refractivity contribution in [2.75, 3.05) is 37.6 Å². The van der Waals surface area contributed by atoms with E-state index in [-0.39, 0.29) is 0 Å². The predicted molar refractivity (Wildman–Crippen MR) is 81.6 cm³/mol. The average molecular weight is 299 g/mol. The Balaban J connectivity index is 2.15. The zero-order valence-corrected chi connectivity index (χ0v) is 12.3. The largest absolute Gasteiger partial charge is 0.378 e. The van der Waals surface area contributed by atoms with Gasteiger partial charge in [-0.15, -0.1) is 11.6 Å². The van der Waals surface area contributed by atoms with Crippen LogP contribution in [0.5, 0.6) is 0 Å². The predicted octanol–water partition coefficient (Wildman–Crippen LogP) is 3.58. The number of likely N-dealkylation sites (N-methyl/N-ethyl adjacent to an activating group) is 1. The molecule has 0 bridgehead atoms. The van der Waals surface area contributed by atoms with Crippen LogP contribution < -0.4 is 4.90 Å². The number of hydrogen-bond donors (Lipinski definition) is 0. The maximum atomic E-state index is 5.98. The molecule has 0 amide bonds. The van der Waals surface area contributed by atoms with Crippen LogP contribution in [0.15, 0.2) is 30.5 Å². The number of hydrogen-bond acceptors (Lipinski definition) is 3. The second kappa shape index (κ2) is 6.94. The Bertz CT molecular complexity index is 548. The van der Waals surface area contributed by atoms with Crippen LogP contribution in [0, 0.1) is 0 Å².